The van der Waals surface area contributed by atoms with E-state index in [9.17, 15) is 0 Å². The molecule has 0 fully saturated rings. The summed E-state index contributed by atoms with van der Waals surface area (Å²) in [5, 5.41) is 13.9. The van der Waals surface area contributed by atoms with E-state index in [2.05, 4.69) is 38.7 Å². The van der Waals surface area contributed by atoms with Crippen LogP contribution in [0.4, 0.5) is 11.8 Å². The predicted octanol–water partition coefficient (Wildman–Crippen LogP) is 2.82. The molecule has 0 saturated carbocycles. The Hall–Kier alpha value is -2.15. The van der Waals surface area contributed by atoms with Crippen LogP contribution < -0.4 is 10.6 Å². The summed E-state index contributed by atoms with van der Waals surface area (Å²) in [5.41, 5.74) is 0. The molecule has 3 aromatic rings. The van der Waals surface area contributed by atoms with Gasteiger partial charge in [0.05, 0.1) is 11.9 Å². The van der Waals surface area contributed by atoms with E-state index in [0.29, 0.717) is 5.95 Å². The largest absolute Gasteiger partial charge is 0.368 e. The predicted molar refractivity (Wildman–Crippen MR) is 86.9 cm³/mol. The SMILES string of the molecule is CCCNc1nc(NCCn2cccn2)c2ccsc2n1. The van der Waals surface area contributed by atoms with Crippen LogP contribution in [0.2, 0.25) is 0 Å². The minimum Gasteiger partial charge on any atom is -0.368 e. The van der Waals surface area contributed by atoms with Crippen LogP contribution in [-0.4, -0.2) is 32.8 Å². The second-order valence-corrected chi connectivity index (χ2v) is 5.55. The molecule has 0 unspecified atom stereocenters. The van der Waals surface area contributed by atoms with Crippen molar-refractivity contribution in [1.29, 1.82) is 0 Å². The van der Waals surface area contributed by atoms with Crippen LogP contribution in [-0.2, 0) is 6.54 Å². The molecule has 0 bridgehead atoms. The highest BCUT2D eigenvalue weighted by molar-refractivity contribution is 7.16. The van der Waals surface area contributed by atoms with E-state index in [4.69, 9.17) is 0 Å². The van der Waals surface area contributed by atoms with Crippen molar-refractivity contribution in [2.75, 3.05) is 23.7 Å². The standard InChI is InChI=1S/C14H18N6S/c1-2-5-16-14-18-12(11-4-10-21-13(11)19-14)15-7-9-20-8-3-6-17-20/h3-4,6,8,10H,2,5,7,9H2,1H3,(H2,15,16,18,19). The maximum atomic E-state index is 4.57. The summed E-state index contributed by atoms with van der Waals surface area (Å²) in [6.07, 6.45) is 4.79. The minimum absolute atomic E-state index is 0.688. The lowest BCUT2D eigenvalue weighted by Gasteiger charge is -2.09. The van der Waals surface area contributed by atoms with Crippen LogP contribution in [0, 0.1) is 0 Å². The van der Waals surface area contributed by atoms with Crippen molar-refractivity contribution in [3.8, 4) is 0 Å². The molecule has 0 aliphatic carbocycles. The summed E-state index contributed by atoms with van der Waals surface area (Å²) < 4.78 is 1.90. The third-order valence-electron chi connectivity index (χ3n) is 3.05. The van der Waals surface area contributed by atoms with Gasteiger partial charge in [-0.2, -0.15) is 10.1 Å². The van der Waals surface area contributed by atoms with Crippen molar-refractivity contribution in [2.24, 2.45) is 0 Å². The first-order chi connectivity index (χ1) is 10.4. The summed E-state index contributed by atoms with van der Waals surface area (Å²) in [6, 6.07) is 3.98. The Kier molecular flexibility index (Phi) is 4.30. The highest BCUT2D eigenvalue weighted by Crippen LogP contribution is 2.26. The molecule has 0 aromatic carbocycles. The smallest absolute Gasteiger partial charge is 0.226 e. The topological polar surface area (TPSA) is 67.7 Å². The van der Waals surface area contributed by atoms with Crippen LogP contribution in [0.25, 0.3) is 10.2 Å². The first-order valence-electron chi connectivity index (χ1n) is 7.07. The number of nitrogens with zero attached hydrogens (tertiary/aromatic N) is 4. The molecule has 110 valence electrons. The summed E-state index contributed by atoms with van der Waals surface area (Å²) in [6.45, 7) is 4.58. The molecule has 0 radical (unpaired) electrons. The zero-order valence-electron chi connectivity index (χ0n) is 11.9. The first kappa shape index (κ1) is 13.8. The zero-order chi connectivity index (χ0) is 14.5. The summed E-state index contributed by atoms with van der Waals surface area (Å²) in [7, 11) is 0. The Bertz CT molecular complexity index is 691. The molecule has 0 spiro atoms. The third kappa shape index (κ3) is 3.30. The van der Waals surface area contributed by atoms with Crippen molar-refractivity contribution in [3.63, 3.8) is 0 Å². The van der Waals surface area contributed by atoms with Gasteiger partial charge in [-0.15, -0.1) is 11.3 Å². The Labute approximate surface area is 127 Å². The maximum Gasteiger partial charge on any atom is 0.226 e. The Morgan fingerprint density at radius 2 is 2.19 bits per heavy atom. The lowest BCUT2D eigenvalue weighted by Crippen LogP contribution is -2.13. The monoisotopic (exact) mass is 302 g/mol. The zero-order valence-corrected chi connectivity index (χ0v) is 12.7. The van der Waals surface area contributed by atoms with E-state index in [1.165, 1.54) is 0 Å². The highest BCUT2D eigenvalue weighted by atomic mass is 32.1. The van der Waals surface area contributed by atoms with Gasteiger partial charge in [-0.25, -0.2) is 4.98 Å². The van der Waals surface area contributed by atoms with Gasteiger partial charge in [-0.3, -0.25) is 4.68 Å². The van der Waals surface area contributed by atoms with Crippen molar-refractivity contribution < 1.29 is 0 Å². The number of anilines is 2. The quantitative estimate of drug-likeness (QED) is 0.702. The fourth-order valence-electron chi connectivity index (χ4n) is 2.03. The van der Waals surface area contributed by atoms with Crippen molar-refractivity contribution >= 4 is 33.3 Å². The average molecular weight is 302 g/mol. The number of hydrogen-bond acceptors (Lipinski definition) is 6. The second-order valence-electron chi connectivity index (χ2n) is 4.66. The van der Waals surface area contributed by atoms with E-state index < -0.39 is 0 Å². The fraction of sp³-hybridized carbons (Fsp3) is 0.357. The number of thiophene rings is 1. The molecule has 3 heterocycles. The van der Waals surface area contributed by atoms with E-state index in [-0.39, 0.29) is 0 Å². The van der Waals surface area contributed by atoms with Gasteiger partial charge in [0.2, 0.25) is 5.95 Å². The van der Waals surface area contributed by atoms with Crippen LogP contribution in [0.3, 0.4) is 0 Å². The Morgan fingerprint density at radius 3 is 3.00 bits per heavy atom. The number of rotatable bonds is 7. The number of aromatic nitrogens is 4. The van der Waals surface area contributed by atoms with Crippen LogP contribution in [0.5, 0.6) is 0 Å². The van der Waals surface area contributed by atoms with Crippen molar-refractivity contribution in [1.82, 2.24) is 19.7 Å². The van der Waals surface area contributed by atoms with E-state index in [0.717, 1.165) is 42.1 Å². The molecule has 21 heavy (non-hydrogen) atoms. The lowest BCUT2D eigenvalue weighted by atomic mass is 10.3. The van der Waals surface area contributed by atoms with E-state index in [1.807, 2.05) is 22.3 Å². The Balaban J connectivity index is 1.74. The van der Waals surface area contributed by atoms with Gasteiger partial charge in [-0.05, 0) is 23.9 Å². The molecule has 7 heteroatoms. The van der Waals surface area contributed by atoms with Gasteiger partial charge in [-0.1, -0.05) is 6.92 Å². The summed E-state index contributed by atoms with van der Waals surface area (Å²) in [5.74, 6) is 1.57. The van der Waals surface area contributed by atoms with Gasteiger partial charge in [0, 0.05) is 25.5 Å². The first-order valence-corrected chi connectivity index (χ1v) is 7.95. The number of fused-ring (bicyclic) bond motifs is 1. The van der Waals surface area contributed by atoms with E-state index in [1.54, 1.807) is 17.5 Å². The minimum atomic E-state index is 0.688. The second kappa shape index (κ2) is 6.53. The highest BCUT2D eigenvalue weighted by Gasteiger charge is 2.08. The van der Waals surface area contributed by atoms with Crippen molar-refractivity contribution in [2.45, 2.75) is 19.9 Å². The van der Waals surface area contributed by atoms with Gasteiger partial charge in [0.15, 0.2) is 0 Å². The fourth-order valence-corrected chi connectivity index (χ4v) is 2.79. The molecule has 0 aliphatic rings. The van der Waals surface area contributed by atoms with Crippen molar-refractivity contribution in [3.05, 3.63) is 29.9 Å². The van der Waals surface area contributed by atoms with Crippen LogP contribution in [0.15, 0.2) is 29.9 Å². The summed E-state index contributed by atoms with van der Waals surface area (Å²) in [4.78, 5) is 10.1. The normalized spacial score (nSPS) is 10.9. The van der Waals surface area contributed by atoms with Crippen LogP contribution in [0.1, 0.15) is 13.3 Å². The Morgan fingerprint density at radius 1 is 1.24 bits per heavy atom. The van der Waals surface area contributed by atoms with Crippen LogP contribution >= 0.6 is 11.3 Å². The molecule has 3 rings (SSSR count). The molecule has 0 atom stereocenters. The molecule has 0 aliphatic heterocycles. The van der Waals surface area contributed by atoms with Gasteiger partial charge < -0.3 is 10.6 Å². The van der Waals surface area contributed by atoms with Gasteiger partial charge in [0.25, 0.3) is 0 Å². The van der Waals surface area contributed by atoms with E-state index >= 15 is 0 Å². The molecule has 2 N–H and O–H groups in total. The van der Waals surface area contributed by atoms with Gasteiger partial charge >= 0.3 is 0 Å². The molecule has 3 aromatic heterocycles. The molecule has 0 amide bonds. The molecule has 6 nitrogen and oxygen atoms in total. The molecule has 0 saturated heterocycles. The van der Waals surface area contributed by atoms with Gasteiger partial charge in [0.1, 0.15) is 10.6 Å². The number of hydrogen-bond donors (Lipinski definition) is 2. The lowest BCUT2D eigenvalue weighted by molar-refractivity contribution is 0.637. The third-order valence-corrected chi connectivity index (χ3v) is 3.86. The average Bonchev–Trinajstić information content (AvgIpc) is 3.15. The molecular formula is C14H18N6S. The summed E-state index contributed by atoms with van der Waals surface area (Å²) >= 11 is 1.63. The maximum absolute atomic E-state index is 4.57. The molecular weight excluding hydrogens is 284 g/mol. The number of nitrogens with one attached hydrogen (secondary N) is 2.